The van der Waals surface area contributed by atoms with Gasteiger partial charge < -0.3 is 20.1 Å². The molecule has 0 aliphatic carbocycles. The molecule has 0 heterocycles. The molecule has 1 aromatic rings. The molecule has 1 rings (SSSR count). The highest BCUT2D eigenvalue weighted by Gasteiger charge is 2.10. The van der Waals surface area contributed by atoms with E-state index < -0.39 is 0 Å². The maximum absolute atomic E-state index is 5.71. The Hall–Kier alpha value is -1.33. The Morgan fingerprint density at radius 1 is 1.41 bits per heavy atom. The molecule has 0 saturated carbocycles. The third kappa shape index (κ3) is 3.57. The largest absolute Gasteiger partial charge is 0.497 e. The summed E-state index contributed by atoms with van der Waals surface area (Å²) >= 11 is 5.04. The fourth-order valence-corrected chi connectivity index (χ4v) is 1.68. The second-order valence-corrected chi connectivity index (χ2v) is 4.10. The SMILES string of the molecule is COCCN(C)c1cc(OC)ccc1C(N)=S. The molecule has 4 nitrogen and oxygen atoms in total. The molecule has 0 spiro atoms. The summed E-state index contributed by atoms with van der Waals surface area (Å²) in [6.45, 7) is 1.41. The van der Waals surface area contributed by atoms with Crippen LogP contribution in [0.25, 0.3) is 0 Å². The van der Waals surface area contributed by atoms with E-state index in [-0.39, 0.29) is 0 Å². The summed E-state index contributed by atoms with van der Waals surface area (Å²) in [5, 5.41) is 0. The number of benzene rings is 1. The van der Waals surface area contributed by atoms with Gasteiger partial charge in [-0.3, -0.25) is 0 Å². The maximum Gasteiger partial charge on any atom is 0.120 e. The lowest BCUT2D eigenvalue weighted by Crippen LogP contribution is -2.25. The Morgan fingerprint density at radius 2 is 2.12 bits per heavy atom. The highest BCUT2D eigenvalue weighted by atomic mass is 32.1. The van der Waals surface area contributed by atoms with Crippen molar-refractivity contribution < 1.29 is 9.47 Å². The van der Waals surface area contributed by atoms with E-state index in [4.69, 9.17) is 27.4 Å². The minimum absolute atomic E-state index is 0.381. The first kappa shape index (κ1) is 13.7. The highest BCUT2D eigenvalue weighted by Crippen LogP contribution is 2.25. The van der Waals surface area contributed by atoms with Crippen LogP contribution in [-0.2, 0) is 4.74 Å². The summed E-state index contributed by atoms with van der Waals surface area (Å²) < 4.78 is 10.3. The lowest BCUT2D eigenvalue weighted by Gasteiger charge is -2.22. The van der Waals surface area contributed by atoms with Gasteiger partial charge in [-0.15, -0.1) is 0 Å². The van der Waals surface area contributed by atoms with E-state index in [1.807, 2.05) is 30.1 Å². The van der Waals surface area contributed by atoms with Crippen molar-refractivity contribution in [3.63, 3.8) is 0 Å². The van der Waals surface area contributed by atoms with Gasteiger partial charge in [-0.05, 0) is 12.1 Å². The van der Waals surface area contributed by atoms with Crippen LogP contribution >= 0.6 is 12.2 Å². The third-order valence-corrected chi connectivity index (χ3v) is 2.73. The lowest BCUT2D eigenvalue weighted by atomic mass is 10.1. The molecule has 0 amide bonds. The van der Waals surface area contributed by atoms with Crippen LogP contribution in [0.1, 0.15) is 5.56 Å². The van der Waals surface area contributed by atoms with Crippen molar-refractivity contribution in [3.05, 3.63) is 23.8 Å². The number of anilines is 1. The lowest BCUT2D eigenvalue weighted by molar-refractivity contribution is 0.206. The maximum atomic E-state index is 5.71. The minimum atomic E-state index is 0.381. The Bertz CT molecular complexity index is 396. The first-order valence-electron chi connectivity index (χ1n) is 5.28. The smallest absolute Gasteiger partial charge is 0.120 e. The molecule has 0 saturated heterocycles. The van der Waals surface area contributed by atoms with E-state index in [0.29, 0.717) is 11.6 Å². The second kappa shape index (κ2) is 6.42. The molecule has 0 bridgehead atoms. The van der Waals surface area contributed by atoms with Gasteiger partial charge in [0.2, 0.25) is 0 Å². The summed E-state index contributed by atoms with van der Waals surface area (Å²) in [5.41, 5.74) is 7.50. The number of hydrogen-bond donors (Lipinski definition) is 1. The van der Waals surface area contributed by atoms with Crippen LogP contribution in [0.5, 0.6) is 5.75 Å². The van der Waals surface area contributed by atoms with E-state index in [1.54, 1.807) is 14.2 Å². The third-order valence-electron chi connectivity index (χ3n) is 2.51. The number of methoxy groups -OCH3 is 2. The van der Waals surface area contributed by atoms with Crippen LogP contribution in [0.4, 0.5) is 5.69 Å². The molecule has 0 aliphatic heterocycles. The monoisotopic (exact) mass is 254 g/mol. The van der Waals surface area contributed by atoms with Crippen LogP contribution in [-0.4, -0.2) is 39.4 Å². The molecule has 0 atom stereocenters. The molecule has 0 unspecified atom stereocenters. The summed E-state index contributed by atoms with van der Waals surface area (Å²) in [5.74, 6) is 0.782. The van der Waals surface area contributed by atoms with Crippen molar-refractivity contribution in [1.82, 2.24) is 0 Å². The summed E-state index contributed by atoms with van der Waals surface area (Å²) in [7, 11) is 5.28. The molecule has 2 N–H and O–H groups in total. The topological polar surface area (TPSA) is 47.7 Å². The van der Waals surface area contributed by atoms with E-state index in [1.165, 1.54) is 0 Å². The number of hydrogen-bond acceptors (Lipinski definition) is 4. The molecule has 0 aromatic heterocycles. The first-order chi connectivity index (χ1) is 8.10. The van der Waals surface area contributed by atoms with Crippen molar-refractivity contribution in [1.29, 1.82) is 0 Å². The summed E-state index contributed by atoms with van der Waals surface area (Å²) in [6.07, 6.45) is 0. The van der Waals surface area contributed by atoms with Crippen molar-refractivity contribution in [3.8, 4) is 5.75 Å². The van der Waals surface area contributed by atoms with E-state index in [9.17, 15) is 0 Å². The molecule has 0 radical (unpaired) electrons. The average molecular weight is 254 g/mol. The van der Waals surface area contributed by atoms with Gasteiger partial charge in [0, 0.05) is 32.3 Å². The molecule has 0 aliphatic rings. The number of ether oxygens (including phenoxy) is 2. The molecule has 0 fully saturated rings. The van der Waals surface area contributed by atoms with E-state index >= 15 is 0 Å². The Morgan fingerprint density at radius 3 is 2.65 bits per heavy atom. The number of nitrogens with two attached hydrogens (primary N) is 1. The highest BCUT2D eigenvalue weighted by molar-refractivity contribution is 7.80. The molecule has 5 heteroatoms. The van der Waals surface area contributed by atoms with E-state index in [2.05, 4.69) is 0 Å². The second-order valence-electron chi connectivity index (χ2n) is 3.66. The van der Waals surface area contributed by atoms with Crippen LogP contribution in [0.3, 0.4) is 0 Å². The number of rotatable bonds is 6. The Kier molecular flexibility index (Phi) is 5.18. The van der Waals surface area contributed by atoms with Gasteiger partial charge in [-0.2, -0.15) is 0 Å². The molecular formula is C12H18N2O2S. The van der Waals surface area contributed by atoms with Crippen LogP contribution in [0.2, 0.25) is 0 Å². The van der Waals surface area contributed by atoms with Gasteiger partial charge in [0.25, 0.3) is 0 Å². The van der Waals surface area contributed by atoms with Gasteiger partial charge in [-0.25, -0.2) is 0 Å². The zero-order chi connectivity index (χ0) is 12.8. The van der Waals surface area contributed by atoms with Gasteiger partial charge in [0.05, 0.1) is 19.4 Å². The zero-order valence-electron chi connectivity index (χ0n) is 10.4. The standard InChI is InChI=1S/C12H18N2O2S/c1-14(6-7-15-2)11-8-9(16-3)4-5-10(11)12(13)17/h4-5,8H,6-7H2,1-3H3,(H2,13,17). The fraction of sp³-hybridized carbons (Fsp3) is 0.417. The van der Waals surface area contributed by atoms with Crippen molar-refractivity contribution in [2.75, 3.05) is 39.3 Å². The average Bonchev–Trinajstić information content (AvgIpc) is 2.34. The molecule has 1 aromatic carbocycles. The van der Waals surface area contributed by atoms with Gasteiger partial charge >= 0.3 is 0 Å². The summed E-state index contributed by atoms with van der Waals surface area (Å²) in [4.78, 5) is 2.42. The fourth-order valence-electron chi connectivity index (χ4n) is 1.51. The predicted molar refractivity (Wildman–Crippen MR) is 74.0 cm³/mol. The molecule has 17 heavy (non-hydrogen) atoms. The number of nitrogens with zero attached hydrogens (tertiary/aromatic N) is 1. The van der Waals surface area contributed by atoms with Gasteiger partial charge in [-0.1, -0.05) is 12.2 Å². The zero-order valence-corrected chi connectivity index (χ0v) is 11.2. The van der Waals surface area contributed by atoms with Crippen LogP contribution in [0, 0.1) is 0 Å². The van der Waals surface area contributed by atoms with Gasteiger partial charge in [0.1, 0.15) is 10.7 Å². The first-order valence-corrected chi connectivity index (χ1v) is 5.69. The van der Waals surface area contributed by atoms with Crippen LogP contribution in [0.15, 0.2) is 18.2 Å². The van der Waals surface area contributed by atoms with Crippen molar-refractivity contribution in [2.45, 2.75) is 0 Å². The number of thiocarbonyl (C=S) groups is 1. The normalized spacial score (nSPS) is 10.1. The van der Waals surface area contributed by atoms with Gasteiger partial charge in [0.15, 0.2) is 0 Å². The van der Waals surface area contributed by atoms with Crippen molar-refractivity contribution in [2.24, 2.45) is 5.73 Å². The minimum Gasteiger partial charge on any atom is -0.497 e. The predicted octanol–water partition coefficient (Wildman–Crippen LogP) is 1.41. The van der Waals surface area contributed by atoms with E-state index in [0.717, 1.165) is 23.5 Å². The number of likely N-dealkylation sites (N-methyl/N-ethyl adjacent to an activating group) is 1. The molecule has 94 valence electrons. The molecular weight excluding hydrogens is 236 g/mol. The quantitative estimate of drug-likeness (QED) is 0.778. The summed E-state index contributed by atoms with van der Waals surface area (Å²) in [6, 6.07) is 5.64. The van der Waals surface area contributed by atoms with Crippen molar-refractivity contribution >= 4 is 22.9 Å². The Labute approximate surface area is 107 Å². The van der Waals surface area contributed by atoms with Crippen LogP contribution < -0.4 is 15.4 Å². The Balaban J connectivity index is 3.03.